The van der Waals surface area contributed by atoms with Gasteiger partial charge < -0.3 is 14.3 Å². The Morgan fingerprint density at radius 3 is 2.53 bits per heavy atom. The topological polar surface area (TPSA) is 80.0 Å². The Labute approximate surface area is 182 Å². The second-order valence-corrected chi connectivity index (χ2v) is 7.47. The zero-order valence-corrected chi connectivity index (χ0v) is 17.2. The van der Waals surface area contributed by atoms with Gasteiger partial charge in [0.1, 0.15) is 34.9 Å². The highest BCUT2D eigenvalue weighted by Gasteiger charge is 2.49. The predicted octanol–water partition coefficient (Wildman–Crippen LogP) is 4.97. The molecule has 32 heavy (non-hydrogen) atoms. The molecule has 2 heterocycles. The van der Waals surface area contributed by atoms with Crippen molar-refractivity contribution in [3.63, 3.8) is 0 Å². The Kier molecular flexibility index (Phi) is 5.52. The zero-order valence-electron chi connectivity index (χ0n) is 17.2. The number of ketones is 1. The molecule has 0 spiro atoms. The van der Waals surface area contributed by atoms with Crippen molar-refractivity contribution in [2.24, 2.45) is 0 Å². The number of carbonyl (C=O) groups is 2. The van der Waals surface area contributed by atoms with E-state index in [1.165, 1.54) is 24.5 Å². The first-order valence-electron chi connectivity index (χ1n) is 9.84. The number of aliphatic hydroxyl groups excluding tert-OH is 1. The van der Waals surface area contributed by atoms with Crippen LogP contribution in [0.25, 0.3) is 5.76 Å². The summed E-state index contributed by atoms with van der Waals surface area (Å²) in [5, 5.41) is 11.0. The molecular weight excluding hydrogens is 420 g/mol. The van der Waals surface area contributed by atoms with E-state index >= 15 is 0 Å². The maximum absolute atomic E-state index is 14.6. The monoisotopic (exact) mass is 439 g/mol. The molecule has 1 amide bonds. The summed E-state index contributed by atoms with van der Waals surface area (Å²) in [7, 11) is 0. The highest BCUT2D eigenvalue weighted by Crippen LogP contribution is 2.43. The Morgan fingerprint density at radius 2 is 1.88 bits per heavy atom. The number of rotatable bonds is 5. The second-order valence-electron chi connectivity index (χ2n) is 7.47. The van der Waals surface area contributed by atoms with Crippen molar-refractivity contribution in [3.8, 4) is 5.75 Å². The van der Waals surface area contributed by atoms with E-state index < -0.39 is 35.1 Å². The molecule has 0 bridgehead atoms. The second kappa shape index (κ2) is 8.30. The molecule has 2 aromatic carbocycles. The molecule has 3 aromatic rings. The van der Waals surface area contributed by atoms with Gasteiger partial charge in [-0.1, -0.05) is 12.1 Å². The van der Waals surface area contributed by atoms with Gasteiger partial charge in [0.15, 0.2) is 0 Å². The van der Waals surface area contributed by atoms with E-state index in [9.17, 15) is 23.5 Å². The Balaban J connectivity index is 1.89. The number of halogens is 2. The van der Waals surface area contributed by atoms with Crippen LogP contribution < -0.4 is 9.64 Å². The number of carbonyl (C=O) groups excluding carboxylic acids is 2. The predicted molar refractivity (Wildman–Crippen MR) is 112 cm³/mol. The third kappa shape index (κ3) is 3.75. The number of ether oxygens (including phenoxy) is 1. The van der Waals surface area contributed by atoms with Crippen LogP contribution in [0.4, 0.5) is 14.5 Å². The zero-order chi connectivity index (χ0) is 23.0. The fourth-order valence-electron chi connectivity index (χ4n) is 3.62. The molecule has 1 fully saturated rings. The van der Waals surface area contributed by atoms with Crippen molar-refractivity contribution < 1.29 is 32.6 Å². The fraction of sp³-hybridized carbons (Fsp3) is 0.167. The minimum Gasteiger partial charge on any atom is -0.507 e. The molecule has 6 nitrogen and oxygen atoms in total. The normalized spacial score (nSPS) is 17.9. The maximum atomic E-state index is 14.6. The lowest BCUT2D eigenvalue weighted by Gasteiger charge is -2.23. The summed E-state index contributed by atoms with van der Waals surface area (Å²) in [5.74, 6) is -3.85. The SMILES string of the molecule is CC(C)Oc1cccc(/C(O)=C2/C(=O)C(=O)N(c3ccc(F)cc3F)C2c2ccco2)c1. The van der Waals surface area contributed by atoms with E-state index in [-0.39, 0.29) is 28.7 Å². The Morgan fingerprint density at radius 1 is 1.09 bits per heavy atom. The summed E-state index contributed by atoms with van der Waals surface area (Å²) in [5.41, 5.74) is -0.363. The standard InChI is InChI=1S/C24H19F2NO5/c1-13(2)32-16-6-3-5-14(11-16)22(28)20-21(19-7-4-10-31-19)27(24(30)23(20)29)18-9-8-15(25)12-17(18)26/h3-13,21,28H,1-2H3/b22-20-. The lowest BCUT2D eigenvalue weighted by atomic mass is 9.99. The minimum atomic E-state index is -1.25. The number of benzene rings is 2. The number of aliphatic hydroxyl groups is 1. The molecule has 4 rings (SSSR count). The molecule has 1 aliphatic rings. The lowest BCUT2D eigenvalue weighted by molar-refractivity contribution is -0.132. The molecule has 164 valence electrons. The highest BCUT2D eigenvalue weighted by atomic mass is 19.1. The van der Waals surface area contributed by atoms with Crippen LogP contribution in [0, 0.1) is 11.6 Å². The molecule has 1 aromatic heterocycles. The van der Waals surface area contributed by atoms with Gasteiger partial charge in [0.2, 0.25) is 0 Å². The van der Waals surface area contributed by atoms with E-state index in [0.29, 0.717) is 11.8 Å². The summed E-state index contributed by atoms with van der Waals surface area (Å²) in [6.45, 7) is 3.68. The third-order valence-corrected chi connectivity index (χ3v) is 4.91. The van der Waals surface area contributed by atoms with Crippen LogP contribution in [-0.4, -0.2) is 22.9 Å². The number of hydrogen-bond acceptors (Lipinski definition) is 5. The summed E-state index contributed by atoms with van der Waals surface area (Å²) in [6.07, 6.45) is 1.20. The van der Waals surface area contributed by atoms with Crippen LogP contribution in [0.1, 0.15) is 31.2 Å². The Hall–Kier alpha value is -3.94. The molecule has 0 saturated carbocycles. The molecule has 1 unspecified atom stereocenters. The van der Waals surface area contributed by atoms with Gasteiger partial charge in [-0.05, 0) is 50.2 Å². The summed E-state index contributed by atoms with van der Waals surface area (Å²) in [6, 6.07) is 10.8. The van der Waals surface area contributed by atoms with Gasteiger partial charge >= 0.3 is 0 Å². The number of Topliss-reactive ketones (excluding diaryl/α,β-unsaturated/α-hetero) is 1. The van der Waals surface area contributed by atoms with Crippen molar-refractivity contribution in [2.45, 2.75) is 26.0 Å². The molecule has 0 aliphatic carbocycles. The van der Waals surface area contributed by atoms with Crippen LogP contribution in [0.15, 0.2) is 70.9 Å². The van der Waals surface area contributed by atoms with Crippen LogP contribution in [0.2, 0.25) is 0 Å². The van der Waals surface area contributed by atoms with Crippen molar-refractivity contribution in [1.29, 1.82) is 0 Å². The van der Waals surface area contributed by atoms with Crippen LogP contribution in [0.5, 0.6) is 5.75 Å². The summed E-state index contributed by atoms with van der Waals surface area (Å²) in [4.78, 5) is 26.7. The number of furan rings is 1. The van der Waals surface area contributed by atoms with E-state index in [0.717, 1.165) is 17.0 Å². The van der Waals surface area contributed by atoms with Gasteiger partial charge in [0.05, 0.1) is 23.6 Å². The fourth-order valence-corrected chi connectivity index (χ4v) is 3.62. The van der Waals surface area contributed by atoms with Crippen LogP contribution in [-0.2, 0) is 9.59 Å². The number of amides is 1. The number of hydrogen-bond donors (Lipinski definition) is 1. The lowest BCUT2D eigenvalue weighted by Crippen LogP contribution is -2.30. The first kappa shape index (κ1) is 21.3. The van der Waals surface area contributed by atoms with Gasteiger partial charge in [-0.2, -0.15) is 0 Å². The smallest absolute Gasteiger partial charge is 0.300 e. The number of nitrogens with zero attached hydrogens (tertiary/aromatic N) is 1. The van der Waals surface area contributed by atoms with Crippen LogP contribution >= 0.6 is 0 Å². The molecule has 8 heteroatoms. The number of anilines is 1. The van der Waals surface area contributed by atoms with Gasteiger partial charge in [-0.3, -0.25) is 14.5 Å². The summed E-state index contributed by atoms with van der Waals surface area (Å²) < 4.78 is 39.1. The van der Waals surface area contributed by atoms with Crippen molar-refractivity contribution >= 4 is 23.1 Å². The van der Waals surface area contributed by atoms with Gasteiger partial charge in [-0.15, -0.1) is 0 Å². The van der Waals surface area contributed by atoms with Gasteiger partial charge in [0.25, 0.3) is 11.7 Å². The summed E-state index contributed by atoms with van der Waals surface area (Å²) >= 11 is 0. The van der Waals surface area contributed by atoms with E-state index in [4.69, 9.17) is 9.15 Å². The van der Waals surface area contributed by atoms with E-state index in [1.807, 2.05) is 13.8 Å². The van der Waals surface area contributed by atoms with Gasteiger partial charge in [0, 0.05) is 11.6 Å². The third-order valence-electron chi connectivity index (χ3n) is 4.91. The first-order chi connectivity index (χ1) is 15.3. The average Bonchev–Trinajstić information content (AvgIpc) is 3.35. The first-order valence-corrected chi connectivity index (χ1v) is 9.84. The van der Waals surface area contributed by atoms with E-state index in [2.05, 4.69) is 0 Å². The Bertz CT molecular complexity index is 1220. The maximum Gasteiger partial charge on any atom is 0.300 e. The van der Waals surface area contributed by atoms with Crippen molar-refractivity contribution in [3.05, 3.63) is 89.4 Å². The van der Waals surface area contributed by atoms with E-state index in [1.54, 1.807) is 18.2 Å². The largest absolute Gasteiger partial charge is 0.507 e. The molecule has 1 saturated heterocycles. The van der Waals surface area contributed by atoms with Crippen LogP contribution in [0.3, 0.4) is 0 Å². The molecule has 1 N–H and O–H groups in total. The molecule has 1 atom stereocenters. The molecule has 0 radical (unpaired) electrons. The highest BCUT2D eigenvalue weighted by molar-refractivity contribution is 6.51. The quantitative estimate of drug-likeness (QED) is 0.345. The molecular formula is C24H19F2NO5. The van der Waals surface area contributed by atoms with Gasteiger partial charge in [-0.25, -0.2) is 8.78 Å². The van der Waals surface area contributed by atoms with Crippen molar-refractivity contribution in [2.75, 3.05) is 4.90 Å². The minimum absolute atomic E-state index is 0.123. The van der Waals surface area contributed by atoms with Crippen molar-refractivity contribution in [1.82, 2.24) is 0 Å². The molecule has 1 aliphatic heterocycles. The average molecular weight is 439 g/mol.